The number of aliphatic hydroxyl groups is 1. The van der Waals surface area contributed by atoms with Crippen molar-refractivity contribution in [1.82, 2.24) is 10.2 Å². The number of methoxy groups -OCH3 is 2. The van der Waals surface area contributed by atoms with E-state index in [4.69, 9.17) is 14.2 Å². The van der Waals surface area contributed by atoms with E-state index in [2.05, 4.69) is 5.32 Å². The average Bonchev–Trinajstić information content (AvgIpc) is 3.73. The first-order chi connectivity index (χ1) is 17.9. The van der Waals surface area contributed by atoms with Crippen LogP contribution in [0.15, 0.2) is 36.4 Å². The van der Waals surface area contributed by atoms with Crippen molar-refractivity contribution in [3.63, 3.8) is 0 Å². The Bertz CT molecular complexity index is 1080. The van der Waals surface area contributed by atoms with Crippen molar-refractivity contribution in [1.29, 1.82) is 0 Å². The Morgan fingerprint density at radius 2 is 1.81 bits per heavy atom. The minimum Gasteiger partial charge on any atom is -0.491 e. The van der Waals surface area contributed by atoms with E-state index in [1.807, 2.05) is 23.1 Å². The molecule has 4 rings (SSSR count). The molecule has 0 spiro atoms. The molecular weight excluding hydrogens is 482 g/mol. The van der Waals surface area contributed by atoms with E-state index in [0.29, 0.717) is 45.1 Å². The lowest BCUT2D eigenvalue weighted by Gasteiger charge is -2.42. The first-order valence-corrected chi connectivity index (χ1v) is 12.8. The van der Waals surface area contributed by atoms with Crippen molar-refractivity contribution in [2.45, 2.75) is 43.9 Å². The molecule has 2 atom stereocenters. The van der Waals surface area contributed by atoms with Gasteiger partial charge in [-0.05, 0) is 73.2 Å². The molecule has 2 aromatic rings. The highest BCUT2D eigenvalue weighted by atomic mass is 19.2. The van der Waals surface area contributed by atoms with Gasteiger partial charge in [-0.1, -0.05) is 12.1 Å². The molecule has 37 heavy (non-hydrogen) atoms. The smallest absolute Gasteiger partial charge is 0.230 e. The average molecular weight is 519 g/mol. The molecule has 9 heteroatoms. The van der Waals surface area contributed by atoms with Crippen LogP contribution in [0.5, 0.6) is 5.75 Å². The zero-order valence-electron chi connectivity index (χ0n) is 21.5. The molecule has 0 bridgehead atoms. The number of piperidine rings is 1. The lowest BCUT2D eigenvalue weighted by molar-refractivity contribution is -0.150. The number of nitrogens with zero attached hydrogens (tertiary/aromatic N) is 1. The van der Waals surface area contributed by atoms with Gasteiger partial charge in [0.15, 0.2) is 11.6 Å². The predicted molar refractivity (Wildman–Crippen MR) is 134 cm³/mol. The highest BCUT2D eigenvalue weighted by Crippen LogP contribution is 2.39. The maximum atomic E-state index is 14.1. The molecule has 2 fully saturated rings. The SMILES string of the molecule is COCCOc1cc(CCOC)cc(CN(C(=O)[C@H]2CNCC[C@]2(O)c2ccc(F)c(F)c2)C2CC2)c1. The fourth-order valence-electron chi connectivity index (χ4n) is 4.95. The topological polar surface area (TPSA) is 80.3 Å². The fourth-order valence-corrected chi connectivity index (χ4v) is 4.95. The molecule has 1 heterocycles. The highest BCUT2D eigenvalue weighted by Gasteiger charge is 2.48. The molecule has 7 nitrogen and oxygen atoms in total. The van der Waals surface area contributed by atoms with Crippen LogP contribution in [0.4, 0.5) is 8.78 Å². The maximum Gasteiger partial charge on any atom is 0.230 e. The standard InChI is InChI=1S/C28H36F2N2O5/c1-35-10-7-19-13-20(15-23(14-19)37-12-11-36-2)18-32(22-4-5-22)27(33)24-17-31-9-8-28(24,34)21-3-6-25(29)26(30)16-21/h3,6,13-16,22,24,31,34H,4-5,7-12,17-18H2,1-2H3/t24-,28+/m1/s1. The Morgan fingerprint density at radius 1 is 1.05 bits per heavy atom. The van der Waals surface area contributed by atoms with Gasteiger partial charge in [0.2, 0.25) is 5.91 Å². The number of nitrogens with one attached hydrogen (secondary N) is 1. The zero-order valence-corrected chi connectivity index (χ0v) is 21.5. The van der Waals surface area contributed by atoms with E-state index in [1.54, 1.807) is 14.2 Å². The third-order valence-corrected chi connectivity index (χ3v) is 7.13. The van der Waals surface area contributed by atoms with Gasteiger partial charge in [-0.25, -0.2) is 8.78 Å². The number of rotatable bonds is 12. The van der Waals surface area contributed by atoms with Gasteiger partial charge in [-0.2, -0.15) is 0 Å². The van der Waals surface area contributed by atoms with Crippen LogP contribution in [0.3, 0.4) is 0 Å². The Morgan fingerprint density at radius 3 is 2.51 bits per heavy atom. The summed E-state index contributed by atoms with van der Waals surface area (Å²) in [4.78, 5) is 15.8. The lowest BCUT2D eigenvalue weighted by atomic mass is 9.75. The summed E-state index contributed by atoms with van der Waals surface area (Å²) in [7, 11) is 3.27. The summed E-state index contributed by atoms with van der Waals surface area (Å²) in [5, 5.41) is 14.9. The fraction of sp³-hybridized carbons (Fsp3) is 0.536. The van der Waals surface area contributed by atoms with Crippen LogP contribution in [0.2, 0.25) is 0 Å². The van der Waals surface area contributed by atoms with Gasteiger partial charge in [0.1, 0.15) is 18.0 Å². The number of benzene rings is 2. The number of amides is 1. The summed E-state index contributed by atoms with van der Waals surface area (Å²) in [5.74, 6) is -2.36. The van der Waals surface area contributed by atoms with Crippen LogP contribution in [0, 0.1) is 17.6 Å². The van der Waals surface area contributed by atoms with Gasteiger partial charge < -0.3 is 29.5 Å². The van der Waals surface area contributed by atoms with E-state index in [0.717, 1.165) is 36.1 Å². The second kappa shape index (κ2) is 12.3. The van der Waals surface area contributed by atoms with Crippen LogP contribution < -0.4 is 10.1 Å². The second-order valence-electron chi connectivity index (χ2n) is 9.83. The molecule has 0 aromatic heterocycles. The quantitative estimate of drug-likeness (QED) is 0.421. The van der Waals surface area contributed by atoms with Gasteiger partial charge in [0.05, 0.1) is 19.1 Å². The molecule has 1 saturated heterocycles. The summed E-state index contributed by atoms with van der Waals surface area (Å²) in [6, 6.07) is 9.39. The number of hydrogen-bond donors (Lipinski definition) is 2. The molecule has 1 aliphatic heterocycles. The van der Waals surface area contributed by atoms with Gasteiger partial charge in [-0.3, -0.25) is 4.79 Å². The monoisotopic (exact) mass is 518 g/mol. The van der Waals surface area contributed by atoms with Crippen molar-refractivity contribution < 1.29 is 32.9 Å². The van der Waals surface area contributed by atoms with Gasteiger partial charge in [0.25, 0.3) is 0 Å². The van der Waals surface area contributed by atoms with Crippen LogP contribution in [-0.2, 0) is 32.8 Å². The van der Waals surface area contributed by atoms with E-state index >= 15 is 0 Å². The molecule has 2 aromatic carbocycles. The third kappa shape index (κ3) is 6.65. The number of carbonyl (C=O) groups excluding carboxylic acids is 1. The van der Waals surface area contributed by atoms with Gasteiger partial charge >= 0.3 is 0 Å². The lowest BCUT2D eigenvalue weighted by Crippen LogP contribution is -2.55. The van der Waals surface area contributed by atoms with Gasteiger partial charge in [0, 0.05) is 33.4 Å². The molecular formula is C28H36F2N2O5. The van der Waals surface area contributed by atoms with Crippen LogP contribution in [0.1, 0.15) is 36.0 Å². The summed E-state index contributed by atoms with van der Waals surface area (Å²) >= 11 is 0. The Kier molecular flexibility index (Phi) is 9.13. The highest BCUT2D eigenvalue weighted by molar-refractivity contribution is 5.81. The van der Waals surface area contributed by atoms with Gasteiger partial charge in [-0.15, -0.1) is 0 Å². The van der Waals surface area contributed by atoms with Crippen molar-refractivity contribution in [2.24, 2.45) is 5.92 Å². The minimum atomic E-state index is -1.60. The maximum absolute atomic E-state index is 14.1. The number of carbonyl (C=O) groups is 1. The third-order valence-electron chi connectivity index (χ3n) is 7.13. The Labute approximate surface area is 216 Å². The molecule has 1 saturated carbocycles. The zero-order chi connectivity index (χ0) is 26.4. The van der Waals surface area contributed by atoms with Crippen LogP contribution in [-0.4, -0.2) is 69.1 Å². The summed E-state index contributed by atoms with van der Waals surface area (Å²) < 4.78 is 43.9. The molecule has 2 aliphatic rings. The number of halogens is 2. The first-order valence-electron chi connectivity index (χ1n) is 12.8. The van der Waals surface area contributed by atoms with Crippen molar-refractivity contribution in [3.8, 4) is 5.75 Å². The second-order valence-corrected chi connectivity index (χ2v) is 9.83. The van der Waals surface area contributed by atoms with Crippen molar-refractivity contribution >= 4 is 5.91 Å². The predicted octanol–water partition coefficient (Wildman–Crippen LogP) is 3.17. The van der Waals surface area contributed by atoms with Crippen LogP contribution >= 0.6 is 0 Å². The van der Waals surface area contributed by atoms with E-state index in [1.165, 1.54) is 6.07 Å². The summed E-state index contributed by atoms with van der Waals surface area (Å²) in [6.07, 6.45) is 2.69. The van der Waals surface area contributed by atoms with E-state index < -0.39 is 23.2 Å². The molecule has 2 N–H and O–H groups in total. The Balaban J connectivity index is 1.60. The largest absolute Gasteiger partial charge is 0.491 e. The summed E-state index contributed by atoms with van der Waals surface area (Å²) in [5.41, 5.74) is 0.574. The van der Waals surface area contributed by atoms with Crippen molar-refractivity contribution in [2.75, 3.05) is 47.1 Å². The molecule has 1 amide bonds. The number of ether oxygens (including phenoxy) is 3. The molecule has 202 valence electrons. The van der Waals surface area contributed by atoms with E-state index in [9.17, 15) is 18.7 Å². The first kappa shape index (κ1) is 27.4. The normalized spacial score (nSPS) is 21.6. The molecule has 0 unspecified atom stereocenters. The summed E-state index contributed by atoms with van der Waals surface area (Å²) in [6.45, 7) is 2.49. The number of hydrogen-bond acceptors (Lipinski definition) is 6. The van der Waals surface area contributed by atoms with Crippen molar-refractivity contribution in [3.05, 3.63) is 64.7 Å². The Hall–Kier alpha value is -2.59. The van der Waals surface area contributed by atoms with Crippen LogP contribution in [0.25, 0.3) is 0 Å². The van der Waals surface area contributed by atoms with E-state index in [-0.39, 0.29) is 30.5 Å². The molecule has 0 radical (unpaired) electrons. The minimum absolute atomic E-state index is 0.0733. The molecule has 1 aliphatic carbocycles.